The van der Waals surface area contributed by atoms with Gasteiger partial charge in [-0.1, -0.05) is 21.9 Å². The highest BCUT2D eigenvalue weighted by atomic mass is 35.5. The zero-order valence-corrected chi connectivity index (χ0v) is 19.8. The molecule has 1 saturated heterocycles. The number of piperidine rings is 1. The van der Waals surface area contributed by atoms with E-state index < -0.39 is 68.6 Å². The highest BCUT2D eigenvalue weighted by molar-refractivity contribution is 6.36. The number of aliphatic hydroxyl groups excluding tert-OH is 4. The smallest absolute Gasteiger partial charge is 0.318 e. The molecule has 1 fully saturated rings. The lowest BCUT2D eigenvalue weighted by atomic mass is 9.94. The number of nitrogens with one attached hydrogen (secondary N) is 1. The van der Waals surface area contributed by atoms with Gasteiger partial charge in [-0.15, -0.1) is 5.10 Å². The van der Waals surface area contributed by atoms with Gasteiger partial charge in [0.15, 0.2) is 5.69 Å². The molecule has 3 rings (SSSR count). The number of hydrogen-bond acceptors (Lipinski definition) is 13. The maximum absolute atomic E-state index is 11.5. The molecular weight excluding hydrogens is 520 g/mol. The van der Waals surface area contributed by atoms with Gasteiger partial charge in [0.25, 0.3) is 5.69 Å². The number of nitro groups is 2. The van der Waals surface area contributed by atoms with Crippen molar-refractivity contribution < 1.29 is 30.3 Å². The van der Waals surface area contributed by atoms with Crippen LogP contribution in [0.4, 0.5) is 22.7 Å². The van der Waals surface area contributed by atoms with E-state index in [2.05, 4.69) is 25.7 Å². The Hall–Kier alpha value is -3.64. The number of anilines is 1. The van der Waals surface area contributed by atoms with Crippen LogP contribution in [0.25, 0.3) is 10.4 Å². The van der Waals surface area contributed by atoms with E-state index in [9.17, 15) is 40.7 Å². The van der Waals surface area contributed by atoms with Gasteiger partial charge >= 0.3 is 5.69 Å². The van der Waals surface area contributed by atoms with Gasteiger partial charge in [-0.3, -0.25) is 29.8 Å². The molecule has 0 saturated carbocycles. The number of nitrogens with zero attached hydrogens (tertiary/aromatic N) is 9. The van der Waals surface area contributed by atoms with E-state index in [1.54, 1.807) is 11.1 Å². The van der Waals surface area contributed by atoms with Crippen LogP contribution >= 0.6 is 11.6 Å². The van der Waals surface area contributed by atoms with Crippen LogP contribution in [-0.4, -0.2) is 101 Å². The van der Waals surface area contributed by atoms with Gasteiger partial charge in [0, 0.05) is 43.2 Å². The molecular formula is C18H23ClN10O8. The largest absolute Gasteiger partial charge is 0.395 e. The normalized spacial score (nSPS) is 21.9. The maximum atomic E-state index is 11.5. The van der Waals surface area contributed by atoms with Crippen LogP contribution in [0.15, 0.2) is 17.4 Å². The Morgan fingerprint density at radius 3 is 2.59 bits per heavy atom. The Bertz CT molecular complexity index is 1210. The highest BCUT2D eigenvalue weighted by Gasteiger charge is 2.40. The van der Waals surface area contributed by atoms with Gasteiger partial charge in [-0.25, -0.2) is 0 Å². The fraction of sp³-hybridized carbons (Fsp3) is 0.556. The summed E-state index contributed by atoms with van der Waals surface area (Å²) >= 11 is 5.95. The van der Waals surface area contributed by atoms with Crippen LogP contribution in [0.5, 0.6) is 0 Å². The summed E-state index contributed by atoms with van der Waals surface area (Å²) in [6, 6.07) is 0.0687. The summed E-state index contributed by atoms with van der Waals surface area (Å²) in [5, 5.41) is 75.5. The minimum atomic E-state index is -1.36. The summed E-state index contributed by atoms with van der Waals surface area (Å²) in [4.78, 5) is 25.3. The third kappa shape index (κ3) is 6.20. The van der Waals surface area contributed by atoms with Crippen molar-refractivity contribution in [2.75, 3.05) is 31.6 Å². The van der Waals surface area contributed by atoms with Crippen LogP contribution in [0.3, 0.4) is 0 Å². The highest BCUT2D eigenvalue weighted by Crippen LogP contribution is 2.45. The number of rotatable bonds is 11. The van der Waals surface area contributed by atoms with Gasteiger partial charge in [0.05, 0.1) is 46.5 Å². The quantitative estimate of drug-likeness (QED) is 0.0831. The van der Waals surface area contributed by atoms with Crippen LogP contribution in [0, 0.1) is 20.2 Å². The van der Waals surface area contributed by atoms with Crippen molar-refractivity contribution >= 4 is 34.4 Å². The number of halogens is 1. The van der Waals surface area contributed by atoms with Crippen LogP contribution in [-0.2, 0) is 13.0 Å². The van der Waals surface area contributed by atoms with Gasteiger partial charge < -0.3 is 25.7 Å². The molecule has 1 aliphatic rings. The van der Waals surface area contributed by atoms with Gasteiger partial charge in [-0.05, 0) is 5.53 Å². The second kappa shape index (κ2) is 12.1. The van der Waals surface area contributed by atoms with Gasteiger partial charge in [0.2, 0.25) is 0 Å². The van der Waals surface area contributed by atoms with E-state index in [0.717, 1.165) is 6.07 Å². The molecule has 0 bridgehead atoms. The number of azide groups is 1. The van der Waals surface area contributed by atoms with Gasteiger partial charge in [0.1, 0.15) is 17.2 Å². The summed E-state index contributed by atoms with van der Waals surface area (Å²) in [6.45, 7) is -0.0345. The van der Waals surface area contributed by atoms with Crippen molar-refractivity contribution in [1.82, 2.24) is 19.9 Å². The molecule has 19 heteroatoms. The lowest BCUT2D eigenvalue weighted by Crippen LogP contribution is -2.62. The molecule has 2 aromatic rings. The lowest BCUT2D eigenvalue weighted by molar-refractivity contribution is -0.392. The standard InChI is InChI=1S/C18H23ClN10O8/c19-14-10(23-24-20)5-11(28(34)35)15(16(14)29(36)37)21-2-4-27-6-9(22-25-27)1-3-26-7-13(31)18(33)17(32)12(26)8-30/h5-6,12-13,17-18,21,30-33H,1-4,7-8H2/t12-,13+,17-,18-/m1/s1. The van der Waals surface area contributed by atoms with Crippen molar-refractivity contribution in [2.45, 2.75) is 37.3 Å². The van der Waals surface area contributed by atoms with Crippen molar-refractivity contribution in [2.24, 2.45) is 5.11 Å². The molecule has 5 N–H and O–H groups in total. The molecule has 0 aliphatic carbocycles. The predicted molar refractivity (Wildman–Crippen MR) is 126 cm³/mol. The summed E-state index contributed by atoms with van der Waals surface area (Å²) in [7, 11) is 0. The number of likely N-dealkylation sites (tertiary alicyclic amines) is 1. The first kappa shape index (κ1) is 27.9. The summed E-state index contributed by atoms with van der Waals surface area (Å²) < 4.78 is 1.39. The fourth-order valence-electron chi connectivity index (χ4n) is 3.98. The molecule has 1 aromatic carbocycles. The first-order valence-corrected chi connectivity index (χ1v) is 11.2. The van der Waals surface area contributed by atoms with E-state index in [1.807, 2.05) is 0 Å². The summed E-state index contributed by atoms with van der Waals surface area (Å²) in [5.41, 5.74) is 6.68. The number of nitro benzene ring substituents is 2. The first-order chi connectivity index (χ1) is 17.6. The minimum absolute atomic E-state index is 0.0418. The minimum Gasteiger partial charge on any atom is -0.395 e. The van der Waals surface area contributed by atoms with Gasteiger partial charge in [-0.2, -0.15) is 0 Å². The summed E-state index contributed by atoms with van der Waals surface area (Å²) in [6.07, 6.45) is -1.97. The first-order valence-electron chi connectivity index (χ1n) is 10.8. The molecule has 0 spiro atoms. The van der Waals surface area contributed by atoms with Crippen LogP contribution in [0.2, 0.25) is 5.02 Å². The Kier molecular flexibility index (Phi) is 9.11. The molecule has 200 valence electrons. The number of β-amino-alcohol motifs (C(OH)–C–C–N with tert-alkyl or cyclic N) is 1. The lowest BCUT2D eigenvalue weighted by Gasteiger charge is -2.43. The topological polar surface area (TPSA) is 262 Å². The van der Waals surface area contributed by atoms with E-state index in [1.165, 1.54) is 4.68 Å². The zero-order chi connectivity index (χ0) is 27.3. The number of benzene rings is 1. The molecule has 37 heavy (non-hydrogen) atoms. The van der Waals surface area contributed by atoms with E-state index >= 15 is 0 Å². The predicted octanol–water partition coefficient (Wildman–Crippen LogP) is 0.103. The zero-order valence-electron chi connectivity index (χ0n) is 19.0. The Balaban J connectivity index is 1.67. The molecule has 0 radical (unpaired) electrons. The number of aromatic nitrogens is 3. The monoisotopic (exact) mass is 542 g/mol. The molecule has 0 unspecified atom stereocenters. The van der Waals surface area contributed by atoms with Crippen LogP contribution < -0.4 is 5.32 Å². The Labute approximate surface area is 212 Å². The van der Waals surface area contributed by atoms with Crippen molar-refractivity contribution in [3.8, 4) is 0 Å². The Morgan fingerprint density at radius 2 is 1.97 bits per heavy atom. The van der Waals surface area contributed by atoms with E-state index in [-0.39, 0.29) is 26.2 Å². The SMILES string of the molecule is [N-]=[N+]=Nc1cc([N+](=O)[O-])c(NCCn2cc(CCN3C[C@H](O)[C@@H](O)[C@H](O)[C@H]3CO)nn2)c([N+](=O)[O-])c1Cl. The molecule has 1 aliphatic heterocycles. The number of aliphatic hydroxyl groups is 4. The molecule has 18 nitrogen and oxygen atoms in total. The molecule has 0 amide bonds. The summed E-state index contributed by atoms with van der Waals surface area (Å²) in [5.74, 6) is 0. The second-order valence-corrected chi connectivity index (χ2v) is 8.48. The van der Waals surface area contributed by atoms with E-state index in [4.69, 9.17) is 17.1 Å². The average molecular weight is 543 g/mol. The second-order valence-electron chi connectivity index (χ2n) is 8.10. The molecule has 1 aromatic heterocycles. The van der Waals surface area contributed by atoms with Crippen LogP contribution in [0.1, 0.15) is 5.69 Å². The van der Waals surface area contributed by atoms with E-state index in [0.29, 0.717) is 12.1 Å². The molecule has 4 atom stereocenters. The number of hydrogen-bond donors (Lipinski definition) is 5. The average Bonchev–Trinajstić information content (AvgIpc) is 3.30. The van der Waals surface area contributed by atoms with Crippen molar-refractivity contribution in [1.29, 1.82) is 0 Å². The third-order valence-corrected chi connectivity index (χ3v) is 6.20. The fourth-order valence-corrected chi connectivity index (χ4v) is 4.24. The van der Waals surface area contributed by atoms with Crippen molar-refractivity contribution in [3.05, 3.63) is 53.7 Å². The maximum Gasteiger partial charge on any atom is 0.318 e. The van der Waals surface area contributed by atoms with Crippen molar-refractivity contribution in [3.63, 3.8) is 0 Å². The third-order valence-electron chi connectivity index (χ3n) is 5.83. The molecule has 2 heterocycles. The Morgan fingerprint density at radius 1 is 1.24 bits per heavy atom.